The first-order valence-electron chi connectivity index (χ1n) is 1.72. The van der Waals surface area contributed by atoms with Crippen LogP contribution in [0.5, 0.6) is 0 Å². The van der Waals surface area contributed by atoms with Crippen LogP contribution in [0.1, 0.15) is 0 Å². The van der Waals surface area contributed by atoms with Crippen LogP contribution < -0.4 is 5.32 Å². The van der Waals surface area contributed by atoms with Gasteiger partial charge in [0.25, 0.3) is 0 Å². The summed E-state index contributed by atoms with van der Waals surface area (Å²) >= 11 is 3.27. The highest BCUT2D eigenvalue weighted by Crippen LogP contribution is 2.07. The SMILES string of the molecule is BrC1=C[C]NC1. The zero-order valence-electron chi connectivity index (χ0n) is 3.16. The Morgan fingerprint density at radius 1 is 2.00 bits per heavy atom. The lowest BCUT2D eigenvalue weighted by Gasteiger charge is -1.80. The van der Waals surface area contributed by atoms with Gasteiger partial charge in [-0.05, 0) is 6.08 Å². The molecule has 1 nitrogen and oxygen atoms in total. The summed E-state index contributed by atoms with van der Waals surface area (Å²) in [5.74, 6) is 0. The zero-order chi connectivity index (χ0) is 4.41. The minimum atomic E-state index is 0.903. The van der Waals surface area contributed by atoms with E-state index in [-0.39, 0.29) is 0 Å². The van der Waals surface area contributed by atoms with Crippen LogP contribution in [-0.2, 0) is 0 Å². The number of nitrogens with one attached hydrogen (secondary N) is 1. The fourth-order valence-electron chi connectivity index (χ4n) is 0.316. The van der Waals surface area contributed by atoms with Gasteiger partial charge in [0.05, 0.1) is 6.54 Å². The molecule has 0 aromatic carbocycles. The van der Waals surface area contributed by atoms with Crippen molar-refractivity contribution in [1.82, 2.24) is 5.32 Å². The molecule has 2 heteroatoms. The van der Waals surface area contributed by atoms with Gasteiger partial charge in [-0.3, -0.25) is 5.32 Å². The van der Waals surface area contributed by atoms with Crippen molar-refractivity contribution in [1.29, 1.82) is 0 Å². The third-order valence-electron chi connectivity index (χ3n) is 0.588. The van der Waals surface area contributed by atoms with Gasteiger partial charge in [0.1, 0.15) is 0 Å². The van der Waals surface area contributed by atoms with Gasteiger partial charge in [0.15, 0.2) is 0 Å². The van der Waals surface area contributed by atoms with Gasteiger partial charge in [0, 0.05) is 11.0 Å². The Bertz CT molecular complexity index is 77.6. The maximum absolute atomic E-state index is 3.27. The van der Waals surface area contributed by atoms with Crippen LogP contribution >= 0.6 is 15.9 Å². The van der Waals surface area contributed by atoms with E-state index in [1.807, 2.05) is 6.08 Å². The lowest BCUT2D eigenvalue weighted by atomic mass is 10.6. The molecule has 1 rings (SSSR count). The van der Waals surface area contributed by atoms with E-state index in [1.165, 1.54) is 4.48 Å². The molecule has 0 amide bonds. The highest BCUT2D eigenvalue weighted by atomic mass is 79.9. The predicted octanol–water partition coefficient (Wildman–Crippen LogP) is 0.907. The molecule has 32 valence electrons. The third kappa shape index (κ3) is 0.820. The van der Waals surface area contributed by atoms with Crippen LogP contribution in [0.15, 0.2) is 10.6 Å². The van der Waals surface area contributed by atoms with Crippen LogP contribution in [0, 0.1) is 6.54 Å². The van der Waals surface area contributed by atoms with Crippen molar-refractivity contribution in [3.8, 4) is 0 Å². The molecule has 0 spiro atoms. The van der Waals surface area contributed by atoms with Gasteiger partial charge in [-0.2, -0.15) is 0 Å². The van der Waals surface area contributed by atoms with E-state index in [0.29, 0.717) is 0 Å². The Hall–Kier alpha value is 0.180. The Morgan fingerprint density at radius 3 is 3.00 bits per heavy atom. The smallest absolute Gasteiger partial charge is 0.0866 e. The molecule has 0 atom stereocenters. The Balaban J connectivity index is 2.45. The van der Waals surface area contributed by atoms with E-state index in [0.717, 1.165) is 6.54 Å². The molecule has 0 aromatic rings. The van der Waals surface area contributed by atoms with Gasteiger partial charge >= 0.3 is 0 Å². The Labute approximate surface area is 45.6 Å². The standard InChI is InChI=1S/C4H4BrN/c5-4-1-2-6-3-4/h1,6H,3H2. The molecular weight excluding hydrogens is 142 g/mol. The fraction of sp³-hybridized carbons (Fsp3) is 0.250. The van der Waals surface area contributed by atoms with Gasteiger partial charge in [-0.15, -0.1) is 0 Å². The minimum absolute atomic E-state index is 0.903. The van der Waals surface area contributed by atoms with Crippen molar-refractivity contribution >= 4 is 15.9 Å². The molecule has 0 unspecified atom stereocenters. The second-order valence-corrected chi connectivity index (χ2v) is 2.11. The molecule has 0 bridgehead atoms. The van der Waals surface area contributed by atoms with Gasteiger partial charge in [-0.1, -0.05) is 15.9 Å². The number of hydrogen-bond acceptors (Lipinski definition) is 1. The summed E-state index contributed by atoms with van der Waals surface area (Å²) < 4.78 is 1.17. The number of rotatable bonds is 0. The summed E-state index contributed by atoms with van der Waals surface area (Å²) in [6.45, 7) is 3.72. The van der Waals surface area contributed by atoms with Crippen molar-refractivity contribution < 1.29 is 0 Å². The van der Waals surface area contributed by atoms with Crippen molar-refractivity contribution in [3.63, 3.8) is 0 Å². The van der Waals surface area contributed by atoms with E-state index in [1.54, 1.807) is 0 Å². The molecule has 0 saturated heterocycles. The van der Waals surface area contributed by atoms with Crippen LogP contribution in [0.2, 0.25) is 0 Å². The summed E-state index contributed by atoms with van der Waals surface area (Å²) in [6.07, 6.45) is 1.88. The highest BCUT2D eigenvalue weighted by molar-refractivity contribution is 9.11. The molecule has 0 aliphatic carbocycles. The lowest BCUT2D eigenvalue weighted by molar-refractivity contribution is 0.973. The van der Waals surface area contributed by atoms with Crippen LogP contribution in [0.3, 0.4) is 0 Å². The molecule has 1 aliphatic heterocycles. The van der Waals surface area contributed by atoms with Crippen LogP contribution in [0.4, 0.5) is 0 Å². The molecule has 0 saturated carbocycles. The summed E-state index contributed by atoms with van der Waals surface area (Å²) in [5.41, 5.74) is 0. The molecule has 0 aromatic heterocycles. The third-order valence-corrected chi connectivity index (χ3v) is 1.10. The molecule has 6 heavy (non-hydrogen) atoms. The molecule has 1 aliphatic rings. The molecule has 2 radical (unpaired) electrons. The molecule has 1 heterocycles. The van der Waals surface area contributed by atoms with Gasteiger partial charge in [0.2, 0.25) is 0 Å². The average molecular weight is 146 g/mol. The molecule has 0 fully saturated rings. The number of hydrogen-bond donors (Lipinski definition) is 1. The van der Waals surface area contributed by atoms with Crippen molar-refractivity contribution in [2.45, 2.75) is 0 Å². The Kier molecular flexibility index (Phi) is 1.27. The Morgan fingerprint density at radius 2 is 2.83 bits per heavy atom. The van der Waals surface area contributed by atoms with E-state index in [4.69, 9.17) is 0 Å². The largest absolute Gasteiger partial charge is 0.299 e. The zero-order valence-corrected chi connectivity index (χ0v) is 4.75. The first kappa shape index (κ1) is 4.34. The topological polar surface area (TPSA) is 12.0 Å². The minimum Gasteiger partial charge on any atom is -0.299 e. The van der Waals surface area contributed by atoms with E-state index < -0.39 is 0 Å². The summed E-state index contributed by atoms with van der Waals surface area (Å²) in [5, 5.41) is 2.88. The quantitative estimate of drug-likeness (QED) is 0.535. The average Bonchev–Trinajstić information content (AvgIpc) is 1.86. The normalized spacial score (nSPS) is 21.2. The van der Waals surface area contributed by atoms with Gasteiger partial charge in [-0.25, -0.2) is 0 Å². The van der Waals surface area contributed by atoms with Crippen molar-refractivity contribution in [3.05, 3.63) is 17.1 Å². The highest BCUT2D eigenvalue weighted by Gasteiger charge is 1.96. The van der Waals surface area contributed by atoms with E-state index in [9.17, 15) is 0 Å². The first-order chi connectivity index (χ1) is 2.89. The predicted molar refractivity (Wildman–Crippen MR) is 28.3 cm³/mol. The second kappa shape index (κ2) is 1.76. The maximum atomic E-state index is 3.27. The van der Waals surface area contributed by atoms with Crippen LogP contribution in [0.25, 0.3) is 0 Å². The fourth-order valence-corrected chi connectivity index (χ4v) is 0.570. The van der Waals surface area contributed by atoms with Crippen molar-refractivity contribution in [2.75, 3.05) is 6.54 Å². The second-order valence-electron chi connectivity index (χ2n) is 1.09. The lowest BCUT2D eigenvalue weighted by Crippen LogP contribution is -2.01. The van der Waals surface area contributed by atoms with Crippen molar-refractivity contribution in [2.24, 2.45) is 0 Å². The monoisotopic (exact) mass is 145 g/mol. The van der Waals surface area contributed by atoms with E-state index >= 15 is 0 Å². The summed E-state index contributed by atoms with van der Waals surface area (Å²) in [4.78, 5) is 0. The van der Waals surface area contributed by atoms with E-state index in [2.05, 4.69) is 27.8 Å². The first-order valence-corrected chi connectivity index (χ1v) is 2.52. The van der Waals surface area contributed by atoms with Gasteiger partial charge < -0.3 is 0 Å². The number of halogens is 1. The summed E-state index contributed by atoms with van der Waals surface area (Å²) in [7, 11) is 0. The summed E-state index contributed by atoms with van der Waals surface area (Å²) in [6, 6.07) is 0. The molecule has 1 N–H and O–H groups in total. The van der Waals surface area contributed by atoms with Crippen LogP contribution in [-0.4, -0.2) is 6.54 Å². The maximum Gasteiger partial charge on any atom is 0.0866 e. The molecular formula is C4H4BrN.